The van der Waals surface area contributed by atoms with Crippen LogP contribution in [0.2, 0.25) is 0 Å². The smallest absolute Gasteiger partial charge is 0.248 e. The minimum absolute atomic E-state index is 0.0510. The predicted octanol–water partition coefficient (Wildman–Crippen LogP) is 10.3. The molecule has 41 nitrogen and oxygen atoms in total. The monoisotopic (exact) mass is 1750 g/mol. The molecule has 0 spiro atoms. The van der Waals surface area contributed by atoms with E-state index in [4.69, 9.17) is 56.1 Å². The molecule has 0 radical (unpaired) electrons. The molecule has 6 aromatic carbocycles. The Bertz CT molecular complexity index is 6000. The Kier molecular flexibility index (Phi) is 29.1. The van der Waals surface area contributed by atoms with Crippen molar-refractivity contribution in [3.8, 4) is 51.8 Å². The molecule has 0 bridgehead atoms. The highest BCUT2D eigenvalue weighted by atomic mass is 19.1. The summed E-state index contributed by atoms with van der Waals surface area (Å²) in [5.74, 6) is 7.00. The van der Waals surface area contributed by atoms with E-state index in [-0.39, 0.29) is 35.2 Å². The summed E-state index contributed by atoms with van der Waals surface area (Å²) in [6.07, 6.45) is 6.25. The van der Waals surface area contributed by atoms with E-state index in [0.717, 1.165) is 143 Å². The number of likely N-dealkylation sites (N-methyl/N-ethyl adjacent to an activating group) is 2. The summed E-state index contributed by atoms with van der Waals surface area (Å²) in [5.41, 5.74) is 33.0. The maximum absolute atomic E-state index is 14.2. The fourth-order valence-electron chi connectivity index (χ4n) is 13.2. The number of ether oxygens (including phenoxy) is 7. The van der Waals surface area contributed by atoms with Gasteiger partial charge in [0, 0.05) is 155 Å². The van der Waals surface area contributed by atoms with Crippen molar-refractivity contribution < 1.29 is 41.9 Å². The van der Waals surface area contributed by atoms with Gasteiger partial charge in [0.15, 0.2) is 11.6 Å². The number of nitrogens with one attached hydrogen (secondary N) is 7. The van der Waals surface area contributed by atoms with Crippen LogP contribution in [0.5, 0.6) is 28.7 Å². The second kappa shape index (κ2) is 42.1. The van der Waals surface area contributed by atoms with Crippen molar-refractivity contribution in [3.63, 3.8) is 0 Å². The Balaban J connectivity index is 0.000000138. The van der Waals surface area contributed by atoms with E-state index in [1.54, 1.807) is 85.6 Å². The Morgan fingerprint density at radius 2 is 0.812 bits per heavy atom. The number of hydrogen-bond acceptors (Lipinski definition) is 37. The van der Waals surface area contributed by atoms with Gasteiger partial charge in [-0.1, -0.05) is 6.07 Å². The Labute approximate surface area is 735 Å². The zero-order valence-corrected chi connectivity index (χ0v) is 71.9. The SMILES string of the molecule is CN(C)CCNc1cc(-n2nc(Nc3ccc(N4CCOCC4)cc3)nc2N)ccn1.CN1CCN(c2cc(-n3nc(Nc4ccc(N5CCOCC5)cc4)nc3N)ccn2)CC1.COc1ccc(Nc2nc(N)n(-c3cc(Nc4cc(OC)ccc4C)ncn3)n2)c(F)c1.COc1ccc(Nc2nc(N)n(-c3cc(Nc4cc(OC)ccc4OC)ncn3)n2)c(F)c1. The van der Waals surface area contributed by atoms with Gasteiger partial charge in [-0.3, -0.25) is 0 Å². The average molecular weight is 1750 g/mol. The number of methoxy groups -OCH3 is 5. The molecule has 0 saturated carbocycles. The molecule has 666 valence electrons. The number of pyridine rings is 2. The number of aromatic nitrogens is 18. The van der Waals surface area contributed by atoms with Crippen molar-refractivity contribution in [2.45, 2.75) is 6.92 Å². The fourth-order valence-corrected chi connectivity index (χ4v) is 13.2. The van der Waals surface area contributed by atoms with Crippen LogP contribution in [0.1, 0.15) is 5.56 Å². The van der Waals surface area contributed by atoms with Crippen molar-refractivity contribution >= 4 is 116 Å². The lowest BCUT2D eigenvalue weighted by molar-refractivity contribution is 0.122. The lowest BCUT2D eigenvalue weighted by atomic mass is 10.2. The van der Waals surface area contributed by atoms with Gasteiger partial charge < -0.3 is 118 Å². The van der Waals surface area contributed by atoms with Crippen LogP contribution in [-0.4, -0.2) is 247 Å². The van der Waals surface area contributed by atoms with Crippen molar-refractivity contribution in [1.29, 1.82) is 0 Å². The van der Waals surface area contributed by atoms with E-state index >= 15 is 0 Å². The van der Waals surface area contributed by atoms with Crippen LogP contribution in [0.15, 0.2) is 183 Å². The van der Waals surface area contributed by atoms with Crippen molar-refractivity contribution in [2.75, 3.05) is 223 Å². The van der Waals surface area contributed by atoms with E-state index < -0.39 is 11.6 Å². The molecule has 3 aliphatic rings. The molecule has 17 rings (SSSR count). The summed E-state index contributed by atoms with van der Waals surface area (Å²) in [6, 6.07) is 47.2. The van der Waals surface area contributed by atoms with Crippen LogP contribution in [0, 0.1) is 18.6 Å². The largest absolute Gasteiger partial charge is 0.497 e. The van der Waals surface area contributed by atoms with Crippen molar-refractivity contribution in [3.05, 3.63) is 200 Å². The first kappa shape index (κ1) is 88.5. The number of nitrogens with two attached hydrogens (primary N) is 4. The van der Waals surface area contributed by atoms with Crippen molar-refractivity contribution in [1.82, 2.24) is 98.8 Å². The first-order chi connectivity index (χ1) is 62.2. The van der Waals surface area contributed by atoms with Crippen LogP contribution in [0.25, 0.3) is 23.0 Å². The standard InChI is InChI=1S/C22H29N9O.C21H21FN8O3.C21H21FN8O2.C21H29N9O/c1-28-8-10-30(11-9-28)20-16-19(6-7-24-20)31-21(23)26-22(27-31)25-17-2-4-18(5-3-17)29-12-14-32-15-13-29;1-31-12-4-6-15(14(22)8-12)27-21-28-20(23)30(29-21)19-10-18(24-11-25-19)26-16-9-13(32-2)5-7-17(16)33-3;1-12-4-5-14(32-3)9-17(12)26-18-10-19(25-11-24-18)30-20(23)28-21(29-30)27-16-7-6-13(31-2)8-15(16)22;1-28(2)10-9-24-19-15-18(7-8-23-19)30-20(22)26-21(27-30)25-16-3-5-17(6-4-16)29-11-13-31-14-12-29/h2-7,16H,8-15H2,1H3,(H3,23,25,26,27);4-11H,1-3H3,(H,24,25,26)(H3,23,27,28,29);4-11H,1-3H3,(H,24,25,26)(H3,23,27,28,29);3-8,15H,9-14H2,1-2H3,(H,23,24)(H3,22,25,26,27). The molecular weight excluding hydrogens is 1650 g/mol. The molecule has 3 fully saturated rings. The van der Waals surface area contributed by atoms with Gasteiger partial charge in [0.2, 0.25) is 47.6 Å². The van der Waals surface area contributed by atoms with E-state index in [0.29, 0.717) is 75.8 Å². The van der Waals surface area contributed by atoms with Crippen LogP contribution in [0.3, 0.4) is 0 Å². The maximum Gasteiger partial charge on any atom is 0.248 e. The number of benzene rings is 6. The lowest BCUT2D eigenvalue weighted by Gasteiger charge is -2.33. The van der Waals surface area contributed by atoms with Gasteiger partial charge in [-0.2, -0.15) is 38.7 Å². The quantitative estimate of drug-likeness (QED) is 0.0217. The highest BCUT2D eigenvalue weighted by Gasteiger charge is 2.22. The van der Waals surface area contributed by atoms with Crippen molar-refractivity contribution in [2.24, 2.45) is 0 Å². The lowest BCUT2D eigenvalue weighted by Crippen LogP contribution is -2.44. The summed E-state index contributed by atoms with van der Waals surface area (Å²) in [7, 11) is 13.9. The summed E-state index contributed by atoms with van der Waals surface area (Å²) in [4.78, 5) is 54.2. The summed E-state index contributed by atoms with van der Waals surface area (Å²) >= 11 is 0. The molecule has 3 saturated heterocycles. The topological polar surface area (TPSA) is 469 Å². The number of hydrogen-bond donors (Lipinski definition) is 11. The molecular formula is C85H100F2N34O7. The Morgan fingerprint density at radius 1 is 0.383 bits per heavy atom. The van der Waals surface area contributed by atoms with E-state index in [1.807, 2.05) is 87.7 Å². The number of aryl methyl sites for hydroxylation is 1. The minimum Gasteiger partial charge on any atom is -0.497 e. The average Bonchev–Trinajstić information content (AvgIpc) is 1.58. The number of nitrogen functional groups attached to an aromatic ring is 4. The van der Waals surface area contributed by atoms with Crippen LogP contribution in [-0.2, 0) is 9.47 Å². The normalized spacial score (nSPS) is 13.2. The number of anilines is 20. The van der Waals surface area contributed by atoms with E-state index in [9.17, 15) is 8.78 Å². The highest BCUT2D eigenvalue weighted by Crippen LogP contribution is 2.34. The molecule has 11 heterocycles. The van der Waals surface area contributed by atoms with Gasteiger partial charge in [0.25, 0.3) is 0 Å². The molecule has 8 aromatic heterocycles. The molecule has 14 aromatic rings. The maximum atomic E-state index is 14.2. The van der Waals surface area contributed by atoms with E-state index in [2.05, 4.69) is 163 Å². The third-order valence-corrected chi connectivity index (χ3v) is 20.1. The zero-order chi connectivity index (χ0) is 89.6. The molecule has 3 aliphatic heterocycles. The number of halogens is 2. The van der Waals surface area contributed by atoms with Gasteiger partial charge in [0.1, 0.15) is 76.3 Å². The van der Waals surface area contributed by atoms with Gasteiger partial charge >= 0.3 is 0 Å². The summed E-state index contributed by atoms with van der Waals surface area (Å²) < 4.78 is 71.1. The van der Waals surface area contributed by atoms with Gasteiger partial charge in [-0.05, 0) is 137 Å². The number of morpholine rings is 2. The third kappa shape index (κ3) is 23.2. The molecule has 128 heavy (non-hydrogen) atoms. The Hall–Kier alpha value is -15.8. The van der Waals surface area contributed by atoms with Crippen LogP contribution in [0.4, 0.5) is 125 Å². The molecule has 0 aliphatic carbocycles. The van der Waals surface area contributed by atoms with E-state index in [1.165, 1.54) is 71.9 Å². The number of nitrogens with zero attached hydrogens (tertiary/aromatic N) is 23. The first-order valence-electron chi connectivity index (χ1n) is 40.5. The molecule has 0 amide bonds. The second-order valence-electron chi connectivity index (χ2n) is 29.1. The number of rotatable bonds is 28. The van der Waals surface area contributed by atoms with Gasteiger partial charge in [-0.25, -0.2) is 38.7 Å². The minimum atomic E-state index is -0.523. The predicted molar refractivity (Wildman–Crippen MR) is 488 cm³/mol. The van der Waals surface area contributed by atoms with Gasteiger partial charge in [0.05, 0.1) is 90.4 Å². The molecule has 43 heteroatoms. The zero-order valence-electron chi connectivity index (χ0n) is 71.9. The van der Waals surface area contributed by atoms with Gasteiger partial charge in [-0.15, -0.1) is 20.4 Å². The first-order valence-corrected chi connectivity index (χ1v) is 40.5. The summed E-state index contributed by atoms with van der Waals surface area (Å²) in [5, 5.41) is 39.4. The Morgan fingerprint density at radius 3 is 1.29 bits per heavy atom. The van der Waals surface area contributed by atoms with Crippen LogP contribution >= 0.6 is 0 Å². The molecule has 0 atom stereocenters. The fraction of sp³-hybridized carbons (Fsp3) is 0.271. The third-order valence-electron chi connectivity index (χ3n) is 20.1. The van der Waals surface area contributed by atoms with Crippen LogP contribution < -0.4 is 98.5 Å². The molecule has 15 N–H and O–H groups in total. The number of piperazine rings is 1. The summed E-state index contributed by atoms with van der Waals surface area (Å²) in [6.45, 7) is 14.3. The molecule has 0 unspecified atom stereocenters. The second-order valence-corrected chi connectivity index (χ2v) is 29.1. The highest BCUT2D eigenvalue weighted by molar-refractivity contribution is 5.69.